The molecule has 0 aliphatic carbocycles. The fourth-order valence-corrected chi connectivity index (χ4v) is 1.12. The molecule has 1 aromatic carbocycles. The molecule has 74 valence electrons. The average Bonchev–Trinajstić information content (AvgIpc) is 2.12. The maximum atomic E-state index is 10.3. The summed E-state index contributed by atoms with van der Waals surface area (Å²) >= 11 is 0. The third kappa shape index (κ3) is 1.82. The maximum absolute atomic E-state index is 10.3. The minimum absolute atomic E-state index is 0.0715. The third-order valence-electron chi connectivity index (χ3n) is 1.96. The van der Waals surface area contributed by atoms with Gasteiger partial charge in [-0.05, 0) is 12.1 Å². The Bertz CT molecular complexity index is 331. The van der Waals surface area contributed by atoms with Gasteiger partial charge in [-0.15, -0.1) is 0 Å². The van der Waals surface area contributed by atoms with E-state index in [1.54, 1.807) is 12.1 Å². The fourth-order valence-electron chi connectivity index (χ4n) is 1.12. The van der Waals surface area contributed by atoms with Gasteiger partial charge in [-0.3, -0.25) is 10.1 Å². The predicted molar refractivity (Wildman–Crippen MR) is 48.3 cm³/mol. The molecule has 0 saturated carbocycles. The molecule has 0 aromatic heterocycles. The first kappa shape index (κ1) is 8.96. The van der Waals surface area contributed by atoms with Crippen molar-refractivity contribution in [3.63, 3.8) is 0 Å². The van der Waals surface area contributed by atoms with Gasteiger partial charge in [-0.1, -0.05) is 0 Å². The Morgan fingerprint density at radius 2 is 2.00 bits per heavy atom. The summed E-state index contributed by atoms with van der Waals surface area (Å²) in [6.45, 7) is 1.19. The number of ether oxygens (including phenoxy) is 2. The fraction of sp³-hybridized carbons (Fsp3) is 0.333. The van der Waals surface area contributed by atoms with E-state index in [2.05, 4.69) is 0 Å². The minimum Gasteiger partial charge on any atom is -0.486 e. The van der Waals surface area contributed by atoms with Gasteiger partial charge in [0.25, 0.3) is 5.69 Å². The lowest BCUT2D eigenvalue weighted by Crippen LogP contribution is -2.38. The SMILES string of the molecule is O=[N+]([O-])c1ccc(OC2COC2)cc1. The summed E-state index contributed by atoms with van der Waals surface area (Å²) in [5.74, 6) is 0.643. The normalized spacial score (nSPS) is 16.0. The number of benzene rings is 1. The van der Waals surface area contributed by atoms with Crippen molar-refractivity contribution in [2.75, 3.05) is 13.2 Å². The van der Waals surface area contributed by atoms with Crippen LogP contribution in [0.25, 0.3) is 0 Å². The quantitative estimate of drug-likeness (QED) is 0.539. The van der Waals surface area contributed by atoms with Gasteiger partial charge in [0.15, 0.2) is 0 Å². The monoisotopic (exact) mass is 195 g/mol. The summed E-state index contributed by atoms with van der Waals surface area (Å²) in [4.78, 5) is 9.91. The Kier molecular flexibility index (Phi) is 2.32. The maximum Gasteiger partial charge on any atom is 0.269 e. The first-order chi connectivity index (χ1) is 6.75. The van der Waals surface area contributed by atoms with E-state index in [1.165, 1.54) is 12.1 Å². The second kappa shape index (κ2) is 3.63. The highest BCUT2D eigenvalue weighted by Crippen LogP contribution is 2.19. The topological polar surface area (TPSA) is 61.6 Å². The van der Waals surface area contributed by atoms with Crippen LogP contribution in [0, 0.1) is 10.1 Å². The number of non-ortho nitro benzene ring substituents is 1. The van der Waals surface area contributed by atoms with Gasteiger partial charge >= 0.3 is 0 Å². The molecule has 0 atom stereocenters. The molecule has 1 aromatic rings. The van der Waals surface area contributed by atoms with E-state index in [-0.39, 0.29) is 11.8 Å². The van der Waals surface area contributed by atoms with Gasteiger partial charge < -0.3 is 9.47 Å². The molecule has 2 rings (SSSR count). The van der Waals surface area contributed by atoms with E-state index in [0.29, 0.717) is 19.0 Å². The van der Waals surface area contributed by atoms with Crippen LogP contribution in [0.15, 0.2) is 24.3 Å². The molecule has 0 N–H and O–H groups in total. The highest BCUT2D eigenvalue weighted by molar-refractivity contribution is 5.36. The number of hydrogen-bond acceptors (Lipinski definition) is 4. The van der Waals surface area contributed by atoms with Gasteiger partial charge in [-0.25, -0.2) is 0 Å². The first-order valence-corrected chi connectivity index (χ1v) is 4.24. The number of nitro benzene ring substituents is 1. The largest absolute Gasteiger partial charge is 0.486 e. The Hall–Kier alpha value is -1.62. The lowest BCUT2D eigenvalue weighted by Gasteiger charge is -2.26. The van der Waals surface area contributed by atoms with Crippen molar-refractivity contribution in [2.24, 2.45) is 0 Å². The van der Waals surface area contributed by atoms with E-state index < -0.39 is 4.92 Å². The predicted octanol–water partition coefficient (Wildman–Crippen LogP) is 1.37. The van der Waals surface area contributed by atoms with E-state index in [0.717, 1.165) is 0 Å². The molecule has 5 heteroatoms. The zero-order valence-corrected chi connectivity index (χ0v) is 7.38. The summed E-state index contributed by atoms with van der Waals surface area (Å²) in [6.07, 6.45) is 0.0939. The highest BCUT2D eigenvalue weighted by Gasteiger charge is 2.20. The molecule has 1 aliphatic rings. The summed E-state index contributed by atoms with van der Waals surface area (Å²) in [5, 5.41) is 10.3. The molecule has 1 aliphatic heterocycles. The van der Waals surface area contributed by atoms with Crippen molar-refractivity contribution in [3.8, 4) is 5.75 Å². The molecular weight excluding hydrogens is 186 g/mol. The average molecular weight is 195 g/mol. The van der Waals surface area contributed by atoms with E-state index in [4.69, 9.17) is 9.47 Å². The van der Waals surface area contributed by atoms with Crippen molar-refractivity contribution in [1.29, 1.82) is 0 Å². The van der Waals surface area contributed by atoms with E-state index in [1.807, 2.05) is 0 Å². The molecule has 0 radical (unpaired) electrons. The zero-order valence-electron chi connectivity index (χ0n) is 7.38. The highest BCUT2D eigenvalue weighted by atomic mass is 16.6. The van der Waals surface area contributed by atoms with Crippen LogP contribution >= 0.6 is 0 Å². The zero-order chi connectivity index (χ0) is 9.97. The number of nitro groups is 1. The lowest BCUT2D eigenvalue weighted by molar-refractivity contribution is -0.384. The molecule has 1 saturated heterocycles. The molecule has 1 fully saturated rings. The summed E-state index contributed by atoms with van der Waals surface area (Å²) in [6, 6.07) is 6.04. The molecule has 0 amide bonds. The standard InChI is InChI=1S/C9H9NO4/c11-10(12)7-1-3-8(4-2-7)14-9-5-13-6-9/h1-4,9H,5-6H2. The van der Waals surface area contributed by atoms with Crippen LogP contribution in [0.3, 0.4) is 0 Å². The van der Waals surface area contributed by atoms with Crippen LogP contribution in [0.4, 0.5) is 5.69 Å². The van der Waals surface area contributed by atoms with Crippen molar-refractivity contribution < 1.29 is 14.4 Å². The van der Waals surface area contributed by atoms with Crippen molar-refractivity contribution in [3.05, 3.63) is 34.4 Å². The molecule has 5 nitrogen and oxygen atoms in total. The molecule has 1 heterocycles. The van der Waals surface area contributed by atoms with Gasteiger partial charge in [0.05, 0.1) is 18.1 Å². The first-order valence-electron chi connectivity index (χ1n) is 4.24. The smallest absolute Gasteiger partial charge is 0.269 e. The van der Waals surface area contributed by atoms with Crippen LogP contribution in [0.5, 0.6) is 5.75 Å². The Labute approximate surface area is 80.4 Å². The number of hydrogen-bond donors (Lipinski definition) is 0. The van der Waals surface area contributed by atoms with Crippen LogP contribution < -0.4 is 4.74 Å². The van der Waals surface area contributed by atoms with Crippen molar-refractivity contribution >= 4 is 5.69 Å². The van der Waals surface area contributed by atoms with Crippen LogP contribution in [-0.2, 0) is 4.74 Å². The van der Waals surface area contributed by atoms with Gasteiger partial charge in [0.1, 0.15) is 11.9 Å². The van der Waals surface area contributed by atoms with Crippen molar-refractivity contribution in [1.82, 2.24) is 0 Å². The van der Waals surface area contributed by atoms with E-state index in [9.17, 15) is 10.1 Å². The minimum atomic E-state index is -0.434. The molecule has 0 spiro atoms. The molecule has 0 bridgehead atoms. The summed E-state index contributed by atoms with van der Waals surface area (Å²) in [7, 11) is 0. The van der Waals surface area contributed by atoms with Crippen LogP contribution in [0.1, 0.15) is 0 Å². The lowest BCUT2D eigenvalue weighted by atomic mass is 10.3. The van der Waals surface area contributed by atoms with Crippen molar-refractivity contribution in [2.45, 2.75) is 6.10 Å². The second-order valence-electron chi connectivity index (χ2n) is 3.03. The Morgan fingerprint density at radius 3 is 2.43 bits per heavy atom. The van der Waals surface area contributed by atoms with Crippen LogP contribution in [-0.4, -0.2) is 24.2 Å². The molecule has 0 unspecified atom stereocenters. The second-order valence-corrected chi connectivity index (χ2v) is 3.03. The number of rotatable bonds is 3. The number of nitrogens with zero attached hydrogens (tertiary/aromatic N) is 1. The van der Waals surface area contributed by atoms with E-state index >= 15 is 0 Å². The molecule has 14 heavy (non-hydrogen) atoms. The summed E-state index contributed by atoms with van der Waals surface area (Å²) < 4.78 is 10.4. The van der Waals surface area contributed by atoms with Gasteiger partial charge in [-0.2, -0.15) is 0 Å². The Balaban J connectivity index is 2.01. The van der Waals surface area contributed by atoms with Crippen LogP contribution in [0.2, 0.25) is 0 Å². The molecular formula is C9H9NO4. The Morgan fingerprint density at radius 1 is 1.36 bits per heavy atom. The van der Waals surface area contributed by atoms with Gasteiger partial charge in [0.2, 0.25) is 0 Å². The third-order valence-corrected chi connectivity index (χ3v) is 1.96. The van der Waals surface area contributed by atoms with Gasteiger partial charge in [0, 0.05) is 12.1 Å². The summed E-state index contributed by atoms with van der Waals surface area (Å²) in [5.41, 5.74) is 0.0715.